The fourth-order valence-electron chi connectivity index (χ4n) is 5.03. The topological polar surface area (TPSA) is 85.3 Å². The zero-order valence-electron chi connectivity index (χ0n) is 21.5. The molecule has 0 radical (unpaired) electrons. The van der Waals surface area contributed by atoms with Crippen molar-refractivity contribution in [1.82, 2.24) is 0 Å². The molecule has 1 aliphatic rings. The van der Waals surface area contributed by atoms with E-state index in [-0.39, 0.29) is 11.3 Å². The normalized spacial score (nSPS) is 16.6. The van der Waals surface area contributed by atoms with Gasteiger partial charge in [0, 0.05) is 11.3 Å². The van der Waals surface area contributed by atoms with Crippen LogP contribution in [-0.2, 0) is 9.59 Å². The number of fused-ring (bicyclic) bond motifs is 1. The predicted octanol–water partition coefficient (Wildman–Crippen LogP) is 5.80. The van der Waals surface area contributed by atoms with Gasteiger partial charge < -0.3 is 19.3 Å². The van der Waals surface area contributed by atoms with E-state index in [0.29, 0.717) is 34.1 Å². The number of ketones is 1. The number of nitrogens with zero attached hydrogens (tertiary/aromatic N) is 1. The average molecular weight is 510 g/mol. The number of benzene rings is 4. The van der Waals surface area contributed by atoms with Gasteiger partial charge >= 0.3 is 0 Å². The van der Waals surface area contributed by atoms with Gasteiger partial charge in [0.2, 0.25) is 5.75 Å². The van der Waals surface area contributed by atoms with E-state index >= 15 is 0 Å². The van der Waals surface area contributed by atoms with Gasteiger partial charge in [-0.2, -0.15) is 0 Å². The van der Waals surface area contributed by atoms with Crippen molar-refractivity contribution in [2.24, 2.45) is 0 Å². The molecule has 0 bridgehead atoms. The molecule has 192 valence electrons. The molecule has 1 N–H and O–H groups in total. The van der Waals surface area contributed by atoms with Crippen molar-refractivity contribution < 1.29 is 28.9 Å². The molecule has 1 heterocycles. The standard InChI is InChI=1S/C31H27NO6/c1-18-9-7-12-21(15-18)32-27(20-16-24(36-2)30(38-4)25(17-20)37-3)26(29(34)31(32)35)28(33)23-14-8-11-19-10-5-6-13-22(19)23/h5-17,27,33H,1-4H3/b28-26+. The highest BCUT2D eigenvalue weighted by Gasteiger charge is 2.47. The lowest BCUT2D eigenvalue weighted by atomic mass is 9.92. The zero-order valence-corrected chi connectivity index (χ0v) is 21.5. The molecular weight excluding hydrogens is 482 g/mol. The SMILES string of the molecule is COc1cc(C2/C(=C(\O)c3cccc4ccccc34)C(=O)C(=O)N2c2cccc(C)c2)cc(OC)c1OC. The lowest BCUT2D eigenvalue weighted by Crippen LogP contribution is -2.29. The molecule has 1 amide bonds. The van der Waals surface area contributed by atoms with Crippen LogP contribution in [0.15, 0.2) is 84.4 Å². The Kier molecular flexibility index (Phi) is 6.51. The largest absolute Gasteiger partial charge is 0.507 e. The molecule has 0 saturated carbocycles. The first-order chi connectivity index (χ1) is 18.4. The predicted molar refractivity (Wildman–Crippen MR) is 146 cm³/mol. The number of amides is 1. The van der Waals surface area contributed by atoms with Crippen molar-refractivity contribution in [2.75, 3.05) is 26.2 Å². The molecule has 0 aliphatic carbocycles. The molecule has 5 rings (SSSR count). The number of anilines is 1. The van der Waals surface area contributed by atoms with Crippen LogP contribution >= 0.6 is 0 Å². The molecule has 1 unspecified atom stereocenters. The number of carbonyl (C=O) groups excluding carboxylic acids is 2. The number of methoxy groups -OCH3 is 3. The summed E-state index contributed by atoms with van der Waals surface area (Å²) in [6.07, 6.45) is 0. The number of aliphatic hydroxyl groups excluding tert-OH is 1. The highest BCUT2D eigenvalue weighted by molar-refractivity contribution is 6.51. The fraction of sp³-hybridized carbons (Fsp3) is 0.161. The van der Waals surface area contributed by atoms with E-state index in [9.17, 15) is 14.7 Å². The zero-order chi connectivity index (χ0) is 27.0. The van der Waals surface area contributed by atoms with Crippen molar-refractivity contribution in [3.05, 3.63) is 101 Å². The maximum atomic E-state index is 13.6. The lowest BCUT2D eigenvalue weighted by molar-refractivity contribution is -0.132. The number of aryl methyl sites for hydroxylation is 1. The summed E-state index contributed by atoms with van der Waals surface area (Å²) >= 11 is 0. The minimum Gasteiger partial charge on any atom is -0.507 e. The molecule has 1 atom stereocenters. The van der Waals surface area contributed by atoms with Gasteiger partial charge in [-0.1, -0.05) is 54.6 Å². The molecule has 1 saturated heterocycles. The Morgan fingerprint density at radius 2 is 1.47 bits per heavy atom. The second-order valence-electron chi connectivity index (χ2n) is 8.99. The Balaban J connectivity index is 1.83. The van der Waals surface area contributed by atoms with Crippen molar-refractivity contribution >= 4 is 33.9 Å². The van der Waals surface area contributed by atoms with E-state index in [1.807, 2.05) is 61.5 Å². The number of carbonyl (C=O) groups is 2. The molecular formula is C31H27NO6. The molecule has 4 aromatic rings. The Labute approximate surface area is 220 Å². The number of hydrogen-bond donors (Lipinski definition) is 1. The molecule has 1 aliphatic heterocycles. The quantitative estimate of drug-likeness (QED) is 0.201. The molecule has 0 spiro atoms. The van der Waals surface area contributed by atoms with Gasteiger partial charge in [0.05, 0.1) is 32.9 Å². The van der Waals surface area contributed by atoms with Crippen LogP contribution in [0.25, 0.3) is 16.5 Å². The monoisotopic (exact) mass is 509 g/mol. The van der Waals surface area contributed by atoms with Crippen molar-refractivity contribution in [3.8, 4) is 17.2 Å². The number of hydrogen-bond acceptors (Lipinski definition) is 6. The Bertz CT molecular complexity index is 1580. The summed E-state index contributed by atoms with van der Waals surface area (Å²) in [5, 5.41) is 13.4. The van der Waals surface area contributed by atoms with Gasteiger partial charge in [0.25, 0.3) is 11.7 Å². The highest BCUT2D eigenvalue weighted by atomic mass is 16.5. The fourth-order valence-corrected chi connectivity index (χ4v) is 5.03. The lowest BCUT2D eigenvalue weighted by Gasteiger charge is -2.27. The van der Waals surface area contributed by atoms with Crippen LogP contribution in [0.3, 0.4) is 0 Å². The minimum absolute atomic E-state index is 0.0258. The Hall–Kier alpha value is -4.78. The summed E-state index contributed by atoms with van der Waals surface area (Å²) in [5.74, 6) is -0.676. The van der Waals surface area contributed by atoms with Gasteiger partial charge in [-0.15, -0.1) is 0 Å². The van der Waals surface area contributed by atoms with E-state index in [2.05, 4.69) is 0 Å². The van der Waals surface area contributed by atoms with E-state index in [1.165, 1.54) is 26.2 Å². The van der Waals surface area contributed by atoms with Gasteiger partial charge in [-0.25, -0.2) is 0 Å². The maximum absolute atomic E-state index is 13.6. The van der Waals surface area contributed by atoms with E-state index in [0.717, 1.165) is 16.3 Å². The average Bonchev–Trinajstić information content (AvgIpc) is 3.21. The van der Waals surface area contributed by atoms with Crippen molar-refractivity contribution in [3.63, 3.8) is 0 Å². The second kappa shape index (κ2) is 9.94. The van der Waals surface area contributed by atoms with Crippen LogP contribution in [0.4, 0.5) is 5.69 Å². The van der Waals surface area contributed by atoms with Gasteiger partial charge in [-0.3, -0.25) is 14.5 Å². The van der Waals surface area contributed by atoms with E-state index in [1.54, 1.807) is 24.3 Å². The molecule has 7 nitrogen and oxygen atoms in total. The van der Waals surface area contributed by atoms with Crippen LogP contribution in [0, 0.1) is 6.92 Å². The molecule has 0 aromatic heterocycles. The van der Waals surface area contributed by atoms with Gasteiger partial charge in [0.1, 0.15) is 5.76 Å². The number of ether oxygens (including phenoxy) is 3. The number of Topliss-reactive ketones (excluding diaryl/α,β-unsaturated/α-hetero) is 1. The Morgan fingerprint density at radius 1 is 0.816 bits per heavy atom. The second-order valence-corrected chi connectivity index (χ2v) is 8.99. The van der Waals surface area contributed by atoms with Gasteiger partial charge in [-0.05, 0) is 53.1 Å². The summed E-state index contributed by atoms with van der Waals surface area (Å²) in [6.45, 7) is 1.91. The summed E-state index contributed by atoms with van der Waals surface area (Å²) in [4.78, 5) is 28.6. The van der Waals surface area contributed by atoms with Crippen molar-refractivity contribution in [1.29, 1.82) is 0 Å². The third-order valence-corrected chi connectivity index (χ3v) is 6.77. The molecule has 7 heteroatoms. The maximum Gasteiger partial charge on any atom is 0.300 e. The summed E-state index contributed by atoms with van der Waals surface area (Å²) in [7, 11) is 4.49. The number of aliphatic hydroxyl groups is 1. The molecule has 1 fully saturated rings. The van der Waals surface area contributed by atoms with Crippen LogP contribution in [-0.4, -0.2) is 38.1 Å². The van der Waals surface area contributed by atoms with E-state index in [4.69, 9.17) is 14.2 Å². The first kappa shape index (κ1) is 24.9. The third kappa shape index (κ3) is 4.02. The molecule has 38 heavy (non-hydrogen) atoms. The first-order valence-electron chi connectivity index (χ1n) is 12.0. The summed E-state index contributed by atoms with van der Waals surface area (Å²) in [6, 6.07) is 22.8. The van der Waals surface area contributed by atoms with Crippen LogP contribution in [0.5, 0.6) is 17.2 Å². The molecule has 4 aromatic carbocycles. The van der Waals surface area contributed by atoms with Crippen molar-refractivity contribution in [2.45, 2.75) is 13.0 Å². The van der Waals surface area contributed by atoms with Crippen LogP contribution in [0.2, 0.25) is 0 Å². The Morgan fingerprint density at radius 3 is 2.13 bits per heavy atom. The van der Waals surface area contributed by atoms with Gasteiger partial charge in [0.15, 0.2) is 11.5 Å². The van der Waals surface area contributed by atoms with Crippen LogP contribution in [0.1, 0.15) is 22.7 Å². The van der Waals surface area contributed by atoms with Crippen LogP contribution < -0.4 is 19.1 Å². The van der Waals surface area contributed by atoms with E-state index < -0.39 is 17.7 Å². The summed E-state index contributed by atoms with van der Waals surface area (Å²) in [5.41, 5.74) is 2.40. The third-order valence-electron chi connectivity index (χ3n) is 6.77. The summed E-state index contributed by atoms with van der Waals surface area (Å²) < 4.78 is 16.6. The smallest absolute Gasteiger partial charge is 0.300 e. The number of rotatable bonds is 6. The first-order valence-corrected chi connectivity index (χ1v) is 12.0. The minimum atomic E-state index is -0.954. The highest BCUT2D eigenvalue weighted by Crippen LogP contribution is 2.47.